The number of anilines is 3. The Balaban J connectivity index is 1.25. The van der Waals surface area contributed by atoms with Crippen molar-refractivity contribution < 1.29 is 0 Å². The zero-order chi connectivity index (χ0) is 45.3. The van der Waals surface area contributed by atoms with Crippen LogP contribution in [0.3, 0.4) is 0 Å². The zero-order valence-electron chi connectivity index (χ0n) is 40.1. The van der Waals surface area contributed by atoms with Gasteiger partial charge in [0.05, 0.1) is 38.8 Å². The zero-order valence-corrected chi connectivity index (χ0v) is 40.1. The molecule has 0 N–H and O–H groups in total. The molecule has 0 aliphatic carbocycles. The number of rotatable bonds is 3. The van der Waals surface area contributed by atoms with Gasteiger partial charge in [0.1, 0.15) is 0 Å². The maximum absolute atomic E-state index is 2.62. The Morgan fingerprint density at radius 2 is 0.677 bits per heavy atom. The summed E-state index contributed by atoms with van der Waals surface area (Å²) in [5, 5.41) is 13.1. The molecule has 0 fully saturated rings. The van der Waals surface area contributed by atoms with Crippen LogP contribution in [0, 0.1) is 0 Å². The molecule has 8 aromatic carbocycles. The summed E-state index contributed by atoms with van der Waals surface area (Å²) in [6.45, 7) is 28.1. The van der Waals surface area contributed by atoms with Gasteiger partial charge in [0.25, 0.3) is 0 Å². The molecule has 0 amide bonds. The third-order valence-electron chi connectivity index (χ3n) is 14.7. The fourth-order valence-corrected chi connectivity index (χ4v) is 10.9. The van der Waals surface area contributed by atoms with Crippen LogP contribution in [0.2, 0.25) is 0 Å². The molecule has 0 aliphatic heterocycles. The van der Waals surface area contributed by atoms with Crippen molar-refractivity contribution in [1.29, 1.82) is 0 Å². The van der Waals surface area contributed by atoms with E-state index in [-0.39, 0.29) is 21.7 Å². The number of para-hydroxylation sites is 2. The van der Waals surface area contributed by atoms with Gasteiger partial charge in [-0.25, -0.2) is 0 Å². The number of fused-ring (bicyclic) bond motifs is 13. The predicted molar refractivity (Wildman–Crippen MR) is 283 cm³/mol. The van der Waals surface area contributed by atoms with Crippen molar-refractivity contribution in [2.75, 3.05) is 4.90 Å². The Hall–Kier alpha value is -6.58. The van der Waals surface area contributed by atoms with Crippen LogP contribution in [0.15, 0.2) is 140 Å². The second-order valence-electron chi connectivity index (χ2n) is 23.2. The fourth-order valence-electron chi connectivity index (χ4n) is 10.9. The Morgan fingerprint density at radius 3 is 1.15 bits per heavy atom. The van der Waals surface area contributed by atoms with Crippen molar-refractivity contribution in [3.63, 3.8) is 0 Å². The van der Waals surface area contributed by atoms with Crippen molar-refractivity contribution in [2.24, 2.45) is 0 Å². The van der Waals surface area contributed by atoms with E-state index < -0.39 is 0 Å². The molecule has 0 unspecified atom stereocenters. The first-order chi connectivity index (χ1) is 30.8. The molecule has 0 atom stereocenters. The van der Waals surface area contributed by atoms with Crippen LogP contribution in [-0.4, -0.2) is 8.80 Å². The third kappa shape index (κ3) is 5.80. The highest BCUT2D eigenvalue weighted by molar-refractivity contribution is 6.29. The van der Waals surface area contributed by atoms with Crippen LogP contribution < -0.4 is 4.90 Å². The maximum atomic E-state index is 2.62. The van der Waals surface area contributed by atoms with E-state index in [1.54, 1.807) is 0 Å². The molecule has 0 spiro atoms. The molecule has 0 radical (unpaired) electrons. The summed E-state index contributed by atoms with van der Waals surface area (Å²) in [4.78, 5) is 2.48. The van der Waals surface area contributed by atoms with Crippen molar-refractivity contribution in [2.45, 2.75) is 105 Å². The quantitative estimate of drug-likeness (QED) is 0.173. The van der Waals surface area contributed by atoms with Crippen LogP contribution in [0.5, 0.6) is 0 Å². The molecule has 4 heterocycles. The van der Waals surface area contributed by atoms with Gasteiger partial charge in [0, 0.05) is 54.5 Å². The summed E-state index contributed by atoms with van der Waals surface area (Å²) in [7, 11) is 0. The second-order valence-corrected chi connectivity index (χ2v) is 23.2. The van der Waals surface area contributed by atoms with Gasteiger partial charge >= 0.3 is 0 Å². The monoisotopic (exact) mass is 845 g/mol. The second kappa shape index (κ2) is 13.0. The van der Waals surface area contributed by atoms with E-state index in [0.29, 0.717) is 0 Å². The van der Waals surface area contributed by atoms with Crippen molar-refractivity contribution in [3.8, 4) is 0 Å². The van der Waals surface area contributed by atoms with E-state index in [1.807, 2.05) is 0 Å². The minimum atomic E-state index is -0.0763. The molecule has 3 nitrogen and oxygen atoms in total. The molecule has 0 aliphatic rings. The summed E-state index contributed by atoms with van der Waals surface area (Å²) in [5.74, 6) is 0. The third-order valence-corrected chi connectivity index (χ3v) is 14.7. The predicted octanol–water partition coefficient (Wildman–Crippen LogP) is 17.8. The van der Waals surface area contributed by atoms with E-state index in [1.165, 1.54) is 115 Å². The van der Waals surface area contributed by atoms with Gasteiger partial charge in [0.15, 0.2) is 0 Å². The van der Waals surface area contributed by atoms with Gasteiger partial charge in [0.2, 0.25) is 0 Å². The molecular formula is C62H59N3. The standard InChI is InChI=1S/C62H59N3/c1-59(2,3)38-23-24-52-46(29-38)49-32-39(60(4,5)6)30-47-44-25-36-26-45-48-31-40(61(7,8)9)33-50-51-34-41(62(10,11)12)35-55(63(42-19-15-13-16-20-42)43-21-17-14-18-22-43)58(51)65(57(48)50)54(45)28-37(36)27-53(44)64(52)56(47)49/h13-35H,1-12H3. The van der Waals surface area contributed by atoms with Gasteiger partial charge < -0.3 is 13.7 Å². The Kier molecular flexibility index (Phi) is 8.01. The van der Waals surface area contributed by atoms with Crippen molar-refractivity contribution in [1.82, 2.24) is 8.80 Å². The first-order valence-electron chi connectivity index (χ1n) is 23.6. The fraction of sp³-hybridized carbons (Fsp3) is 0.258. The number of aromatic nitrogens is 2. The van der Waals surface area contributed by atoms with E-state index in [0.717, 1.165) is 11.4 Å². The highest BCUT2D eigenvalue weighted by Gasteiger charge is 2.30. The van der Waals surface area contributed by atoms with Gasteiger partial charge in [-0.15, -0.1) is 0 Å². The molecule has 65 heavy (non-hydrogen) atoms. The van der Waals surface area contributed by atoms with E-state index >= 15 is 0 Å². The largest absolute Gasteiger partial charge is 0.308 e. The molecule has 4 aromatic heterocycles. The summed E-state index contributed by atoms with van der Waals surface area (Å²) in [6, 6.07) is 54.0. The van der Waals surface area contributed by atoms with E-state index in [9.17, 15) is 0 Å². The molecule has 322 valence electrons. The number of hydrogen-bond donors (Lipinski definition) is 0. The molecule has 0 saturated heterocycles. The summed E-state index contributed by atoms with van der Waals surface area (Å²) in [6.07, 6.45) is 0. The van der Waals surface area contributed by atoms with E-state index in [4.69, 9.17) is 0 Å². The van der Waals surface area contributed by atoms with Gasteiger partial charge in [-0.1, -0.05) is 126 Å². The van der Waals surface area contributed by atoms with Crippen LogP contribution in [-0.2, 0) is 21.7 Å². The molecular weight excluding hydrogens is 787 g/mol. The molecule has 3 heteroatoms. The Labute approximate surface area is 382 Å². The van der Waals surface area contributed by atoms with Gasteiger partial charge in [-0.05, 0) is 152 Å². The average molecular weight is 846 g/mol. The highest BCUT2D eigenvalue weighted by Crippen LogP contribution is 2.50. The molecule has 0 saturated carbocycles. The normalized spacial score (nSPS) is 13.5. The van der Waals surface area contributed by atoms with Crippen molar-refractivity contribution in [3.05, 3.63) is 162 Å². The summed E-state index contributed by atoms with van der Waals surface area (Å²) >= 11 is 0. The average Bonchev–Trinajstić information content (AvgIpc) is 3.97. The number of hydrogen-bond acceptors (Lipinski definition) is 1. The maximum Gasteiger partial charge on any atom is 0.0783 e. The topological polar surface area (TPSA) is 12.1 Å². The van der Waals surface area contributed by atoms with Crippen LogP contribution in [0.1, 0.15) is 105 Å². The lowest BCUT2D eigenvalue weighted by atomic mass is 9.84. The highest BCUT2D eigenvalue weighted by atomic mass is 15.2. The summed E-state index contributed by atoms with van der Waals surface area (Å²) in [5.41, 5.74) is 16.5. The minimum absolute atomic E-state index is 0.00393. The Bertz CT molecular complexity index is 3850. The minimum Gasteiger partial charge on any atom is -0.308 e. The smallest absolute Gasteiger partial charge is 0.0783 e. The lowest BCUT2D eigenvalue weighted by molar-refractivity contribution is 0.590. The van der Waals surface area contributed by atoms with Crippen LogP contribution >= 0.6 is 0 Å². The Morgan fingerprint density at radius 1 is 0.308 bits per heavy atom. The molecule has 12 rings (SSSR count). The number of benzene rings is 8. The van der Waals surface area contributed by atoms with Crippen LogP contribution in [0.25, 0.3) is 87.0 Å². The van der Waals surface area contributed by atoms with E-state index in [2.05, 4.69) is 236 Å². The number of nitrogens with zero attached hydrogens (tertiary/aromatic N) is 3. The molecule has 12 aromatic rings. The van der Waals surface area contributed by atoms with Gasteiger partial charge in [-0.3, -0.25) is 0 Å². The van der Waals surface area contributed by atoms with Crippen molar-refractivity contribution >= 4 is 104 Å². The first kappa shape index (κ1) is 40.0. The lowest BCUT2D eigenvalue weighted by Gasteiger charge is -2.29. The lowest BCUT2D eigenvalue weighted by Crippen LogP contribution is -2.15. The van der Waals surface area contributed by atoms with Crippen LogP contribution in [0.4, 0.5) is 17.1 Å². The first-order valence-corrected chi connectivity index (χ1v) is 23.6. The molecule has 0 bridgehead atoms. The summed E-state index contributed by atoms with van der Waals surface area (Å²) < 4.78 is 5.19. The van der Waals surface area contributed by atoms with Gasteiger partial charge in [-0.2, -0.15) is 0 Å². The SMILES string of the molecule is CC(C)(C)c1ccc2c(c1)c1cc(C(C)(C)C)cc3c4cc5cc6c7cc(C(C)(C)C)cc8c9cc(C(C)(C)C)cc(N(c%10ccccc%10)c%10ccccc%10)c9n(c6cc5cc4n2c13)c78.